The molecule has 3 aliphatic heterocycles. The number of hydrogen-bond acceptors (Lipinski definition) is 6. The maximum atomic E-state index is 13.0. The van der Waals surface area contributed by atoms with Gasteiger partial charge in [-0.3, -0.25) is 14.5 Å². The Bertz CT molecular complexity index is 1210. The van der Waals surface area contributed by atoms with Crippen LogP contribution in [0.4, 0.5) is 0 Å². The Kier molecular flexibility index (Phi) is 7.82. The summed E-state index contributed by atoms with van der Waals surface area (Å²) >= 11 is 6.07. The number of hydrogen-bond donors (Lipinski definition) is 2. The van der Waals surface area contributed by atoms with Gasteiger partial charge in [-0.1, -0.05) is 17.7 Å². The molecule has 2 aromatic rings. The van der Waals surface area contributed by atoms with E-state index < -0.39 is 0 Å². The van der Waals surface area contributed by atoms with E-state index in [0.717, 1.165) is 43.4 Å². The number of pyridine rings is 1. The van der Waals surface area contributed by atoms with Crippen LogP contribution >= 0.6 is 11.6 Å². The number of carbonyl (C=O) groups is 2. The van der Waals surface area contributed by atoms with E-state index in [1.54, 1.807) is 12.1 Å². The number of fused-ring (bicyclic) bond motifs is 2. The second kappa shape index (κ2) is 11.1. The second-order valence-corrected chi connectivity index (χ2v) is 11.3. The fraction of sp³-hybridized carbons (Fsp3) is 0.552. The molecule has 3 unspecified atom stereocenters. The number of amides is 2. The first-order valence-electron chi connectivity index (χ1n) is 13.6. The van der Waals surface area contributed by atoms with Gasteiger partial charge in [-0.05, 0) is 81.7 Å². The number of methoxy groups -OCH3 is 1. The zero-order chi connectivity index (χ0) is 27.0. The number of rotatable bonds is 8. The van der Waals surface area contributed by atoms with Crippen molar-refractivity contribution in [1.82, 2.24) is 20.5 Å². The van der Waals surface area contributed by atoms with Crippen LogP contribution in [0.15, 0.2) is 24.3 Å². The number of benzene rings is 1. The van der Waals surface area contributed by atoms with Gasteiger partial charge < -0.3 is 20.1 Å². The van der Waals surface area contributed by atoms with E-state index in [2.05, 4.69) is 53.4 Å². The third-order valence-electron chi connectivity index (χ3n) is 8.57. The minimum absolute atomic E-state index is 0.0933. The summed E-state index contributed by atoms with van der Waals surface area (Å²) < 4.78 is 11.3. The molecule has 1 aromatic heterocycles. The first kappa shape index (κ1) is 26.8. The average molecular weight is 541 g/mol. The van der Waals surface area contributed by atoms with E-state index in [4.69, 9.17) is 21.1 Å². The molecule has 4 atom stereocenters. The number of nitrogens with one attached hydrogen (secondary N) is 2. The summed E-state index contributed by atoms with van der Waals surface area (Å²) in [6, 6.07) is 8.80. The zero-order valence-corrected chi connectivity index (χ0v) is 23.3. The van der Waals surface area contributed by atoms with Crippen molar-refractivity contribution in [2.75, 3.05) is 13.7 Å². The fourth-order valence-corrected chi connectivity index (χ4v) is 6.72. The Labute approximate surface area is 229 Å². The van der Waals surface area contributed by atoms with Crippen LogP contribution in [0.1, 0.15) is 78.5 Å². The number of ether oxygens (including phenoxy) is 2. The lowest BCUT2D eigenvalue weighted by molar-refractivity contribution is -0.119. The molecule has 3 aliphatic rings. The minimum Gasteiger partial charge on any atom is -0.491 e. The van der Waals surface area contributed by atoms with Crippen LogP contribution in [0.25, 0.3) is 0 Å². The van der Waals surface area contributed by atoms with Crippen LogP contribution in [0, 0.1) is 13.8 Å². The molecular weight excluding hydrogens is 504 g/mol. The molecule has 204 valence electrons. The minimum atomic E-state index is -0.141. The SMILES string of the molecule is COc1cc(C(=O)NC2CC3CCC(C2)N3C(C)c2ccc(OC[C@H]3CCC(=O)N3)c(C)c2C)cc(Cl)n1. The van der Waals surface area contributed by atoms with Crippen LogP contribution in [0.5, 0.6) is 11.6 Å². The maximum absolute atomic E-state index is 13.0. The lowest BCUT2D eigenvalue weighted by Gasteiger charge is -2.43. The van der Waals surface area contributed by atoms with Crippen molar-refractivity contribution in [3.05, 3.63) is 51.7 Å². The van der Waals surface area contributed by atoms with E-state index in [1.807, 2.05) is 0 Å². The number of nitrogens with zero attached hydrogens (tertiary/aromatic N) is 2. The highest BCUT2D eigenvalue weighted by atomic mass is 35.5. The van der Waals surface area contributed by atoms with Gasteiger partial charge in [0, 0.05) is 42.2 Å². The van der Waals surface area contributed by atoms with Gasteiger partial charge in [-0.15, -0.1) is 0 Å². The summed E-state index contributed by atoms with van der Waals surface area (Å²) in [5.74, 6) is 1.18. The molecule has 3 fully saturated rings. The van der Waals surface area contributed by atoms with Crippen molar-refractivity contribution < 1.29 is 19.1 Å². The number of aromatic nitrogens is 1. The van der Waals surface area contributed by atoms with Gasteiger partial charge in [0.2, 0.25) is 11.8 Å². The molecule has 0 spiro atoms. The molecule has 2 bridgehead atoms. The molecule has 2 amide bonds. The topological polar surface area (TPSA) is 92.8 Å². The quantitative estimate of drug-likeness (QED) is 0.479. The Morgan fingerprint density at radius 1 is 1.18 bits per heavy atom. The first-order chi connectivity index (χ1) is 18.2. The second-order valence-electron chi connectivity index (χ2n) is 10.9. The summed E-state index contributed by atoms with van der Waals surface area (Å²) in [5.41, 5.74) is 4.19. The highest BCUT2D eigenvalue weighted by Gasteiger charge is 2.43. The van der Waals surface area contributed by atoms with Crippen molar-refractivity contribution in [1.29, 1.82) is 0 Å². The van der Waals surface area contributed by atoms with E-state index in [-0.39, 0.29) is 35.1 Å². The molecule has 8 nitrogen and oxygen atoms in total. The predicted molar refractivity (Wildman–Crippen MR) is 146 cm³/mol. The summed E-state index contributed by atoms with van der Waals surface area (Å²) in [7, 11) is 1.51. The van der Waals surface area contributed by atoms with Crippen LogP contribution in [0.3, 0.4) is 0 Å². The summed E-state index contributed by atoms with van der Waals surface area (Å²) in [6.07, 6.45) is 5.54. The molecule has 2 N–H and O–H groups in total. The van der Waals surface area contributed by atoms with E-state index in [0.29, 0.717) is 36.6 Å². The van der Waals surface area contributed by atoms with Crippen LogP contribution < -0.4 is 20.1 Å². The molecule has 0 radical (unpaired) electrons. The van der Waals surface area contributed by atoms with Crippen molar-refractivity contribution in [3.63, 3.8) is 0 Å². The molecule has 38 heavy (non-hydrogen) atoms. The van der Waals surface area contributed by atoms with E-state index >= 15 is 0 Å². The maximum Gasteiger partial charge on any atom is 0.251 e. The molecule has 5 rings (SSSR count). The highest BCUT2D eigenvalue weighted by Crippen LogP contribution is 2.43. The third-order valence-corrected chi connectivity index (χ3v) is 8.76. The first-order valence-corrected chi connectivity index (χ1v) is 13.9. The summed E-state index contributed by atoms with van der Waals surface area (Å²) in [6.45, 7) is 7.09. The van der Waals surface area contributed by atoms with Gasteiger partial charge in [-0.25, -0.2) is 4.98 Å². The molecule has 3 saturated heterocycles. The lowest BCUT2D eigenvalue weighted by Crippen LogP contribution is -2.51. The Morgan fingerprint density at radius 3 is 2.58 bits per heavy atom. The van der Waals surface area contributed by atoms with Gasteiger partial charge in [0.25, 0.3) is 5.91 Å². The van der Waals surface area contributed by atoms with E-state index in [9.17, 15) is 9.59 Å². The standard InChI is InChI=1S/C29H37ClN4O4/c1-16-17(2)25(38-15-20-5-10-27(35)31-20)9-8-24(16)18(3)34-22-6-7-23(34)14-21(13-22)32-29(36)19-11-26(30)33-28(12-19)37-4/h8-9,11-12,18,20-23H,5-7,10,13-15H2,1-4H3,(H,31,35)(H,32,36)/t18?,20-,21?,22?,23?/m1/s1. The van der Waals surface area contributed by atoms with Gasteiger partial charge >= 0.3 is 0 Å². The fourth-order valence-electron chi connectivity index (χ4n) is 6.52. The number of piperidine rings is 1. The monoisotopic (exact) mass is 540 g/mol. The van der Waals surface area contributed by atoms with Crippen molar-refractivity contribution >= 4 is 23.4 Å². The smallest absolute Gasteiger partial charge is 0.251 e. The summed E-state index contributed by atoms with van der Waals surface area (Å²) in [4.78, 5) is 31.2. The van der Waals surface area contributed by atoms with Crippen molar-refractivity contribution in [3.8, 4) is 11.6 Å². The molecule has 9 heteroatoms. The number of halogens is 1. The summed E-state index contributed by atoms with van der Waals surface area (Å²) in [5, 5.41) is 6.44. The molecule has 1 aromatic carbocycles. The largest absolute Gasteiger partial charge is 0.491 e. The lowest BCUT2D eigenvalue weighted by atomic mass is 9.91. The Hall–Kier alpha value is -2.84. The molecule has 0 saturated carbocycles. The van der Waals surface area contributed by atoms with Crippen molar-refractivity contribution in [2.24, 2.45) is 0 Å². The number of carbonyl (C=O) groups excluding carboxylic acids is 2. The van der Waals surface area contributed by atoms with Gasteiger partial charge in [0.05, 0.1) is 13.2 Å². The van der Waals surface area contributed by atoms with Gasteiger partial charge in [0.15, 0.2) is 0 Å². The normalized spacial score (nSPS) is 25.7. The van der Waals surface area contributed by atoms with Gasteiger partial charge in [-0.2, -0.15) is 0 Å². The molecular formula is C29H37ClN4O4. The third kappa shape index (κ3) is 5.47. The predicted octanol–water partition coefficient (Wildman–Crippen LogP) is 4.50. The zero-order valence-electron chi connectivity index (χ0n) is 22.6. The average Bonchev–Trinajstić information content (AvgIpc) is 3.43. The van der Waals surface area contributed by atoms with Gasteiger partial charge in [0.1, 0.15) is 17.5 Å². The Balaban J connectivity index is 1.23. The van der Waals surface area contributed by atoms with E-state index in [1.165, 1.54) is 18.2 Å². The highest BCUT2D eigenvalue weighted by molar-refractivity contribution is 6.29. The molecule has 0 aliphatic carbocycles. The Morgan fingerprint density at radius 2 is 1.92 bits per heavy atom. The van der Waals surface area contributed by atoms with Crippen LogP contribution in [-0.2, 0) is 4.79 Å². The van der Waals surface area contributed by atoms with Crippen LogP contribution in [-0.4, -0.2) is 59.6 Å². The van der Waals surface area contributed by atoms with Crippen LogP contribution in [0.2, 0.25) is 5.15 Å². The molecule has 4 heterocycles. The van der Waals surface area contributed by atoms with Crippen molar-refractivity contribution in [2.45, 2.75) is 89.5 Å².